The van der Waals surface area contributed by atoms with Crippen LogP contribution in [0.2, 0.25) is 0 Å². The Hall–Kier alpha value is -0.340. The van der Waals surface area contributed by atoms with Crippen LogP contribution >= 0.6 is 0 Å². The molecule has 1 rings (SSSR count). The first kappa shape index (κ1) is 16.7. The van der Waals surface area contributed by atoms with E-state index in [1.54, 1.807) is 0 Å². The highest BCUT2D eigenvalue weighted by Crippen LogP contribution is 2.26. The van der Waals surface area contributed by atoms with Gasteiger partial charge in [0.15, 0.2) is 0 Å². The minimum Gasteiger partial charge on any atom is -0.391 e. The quantitative estimate of drug-likeness (QED) is 0.844. The van der Waals surface area contributed by atoms with Crippen LogP contribution in [0.1, 0.15) is 38.5 Å². The highest BCUT2D eigenvalue weighted by molar-refractivity contribution is 7.89. The van der Waals surface area contributed by atoms with Crippen molar-refractivity contribution in [2.75, 3.05) is 12.8 Å². The molecule has 2 atom stereocenters. The summed E-state index contributed by atoms with van der Waals surface area (Å²) in [5, 5.41) is 9.77. The Morgan fingerprint density at radius 2 is 1.84 bits per heavy atom. The summed E-state index contributed by atoms with van der Waals surface area (Å²) in [5.74, 6) is -0.535. The molecule has 0 aromatic heterocycles. The van der Waals surface area contributed by atoms with Crippen LogP contribution in [-0.2, 0) is 10.0 Å². The minimum absolute atomic E-state index is 0.445. The molecule has 0 bridgehead atoms. The van der Waals surface area contributed by atoms with Crippen LogP contribution in [0.25, 0.3) is 0 Å². The lowest BCUT2D eigenvalue weighted by Gasteiger charge is -2.34. The molecule has 1 saturated carbocycles. The van der Waals surface area contributed by atoms with Gasteiger partial charge >= 0.3 is 6.18 Å². The summed E-state index contributed by atoms with van der Waals surface area (Å²) in [4.78, 5) is 0. The molecule has 8 heteroatoms. The number of likely N-dealkylation sites (N-methyl/N-ethyl adjacent to an activating group) is 1. The summed E-state index contributed by atoms with van der Waals surface area (Å²) in [7, 11) is -2.41. The van der Waals surface area contributed by atoms with E-state index in [9.17, 15) is 26.7 Å². The molecule has 114 valence electrons. The van der Waals surface area contributed by atoms with Crippen molar-refractivity contribution in [1.29, 1.82) is 0 Å². The molecule has 1 N–H and O–H groups in total. The van der Waals surface area contributed by atoms with E-state index in [0.29, 0.717) is 12.8 Å². The lowest BCUT2D eigenvalue weighted by molar-refractivity contribution is -0.134. The molecule has 0 heterocycles. The number of aliphatic hydroxyl groups excluding tert-OH is 1. The van der Waals surface area contributed by atoms with Crippen LogP contribution in [0.15, 0.2) is 0 Å². The second-order valence-electron chi connectivity index (χ2n) is 4.97. The van der Waals surface area contributed by atoms with Gasteiger partial charge in [-0.25, -0.2) is 8.42 Å². The number of aliphatic hydroxyl groups is 1. The van der Waals surface area contributed by atoms with Crippen molar-refractivity contribution in [3.63, 3.8) is 0 Å². The summed E-state index contributed by atoms with van der Waals surface area (Å²) >= 11 is 0. The maximum atomic E-state index is 12.0. The predicted molar refractivity (Wildman–Crippen MR) is 65.1 cm³/mol. The van der Waals surface area contributed by atoms with Crippen LogP contribution in [0.3, 0.4) is 0 Å². The maximum Gasteiger partial charge on any atom is 0.389 e. The molecular formula is C11H20F3NO3S. The smallest absolute Gasteiger partial charge is 0.389 e. The largest absolute Gasteiger partial charge is 0.391 e. The van der Waals surface area contributed by atoms with Gasteiger partial charge in [0.2, 0.25) is 10.0 Å². The highest BCUT2D eigenvalue weighted by Gasteiger charge is 2.34. The molecule has 1 fully saturated rings. The lowest BCUT2D eigenvalue weighted by Crippen LogP contribution is -2.47. The fraction of sp³-hybridized carbons (Fsp3) is 1.00. The van der Waals surface area contributed by atoms with E-state index in [0.717, 1.165) is 17.1 Å². The second-order valence-corrected chi connectivity index (χ2v) is 7.12. The summed E-state index contributed by atoms with van der Waals surface area (Å²) in [6.07, 6.45) is -3.85. The first-order valence-corrected chi connectivity index (χ1v) is 7.95. The van der Waals surface area contributed by atoms with E-state index in [2.05, 4.69) is 0 Å². The van der Waals surface area contributed by atoms with Crippen molar-refractivity contribution in [3.8, 4) is 0 Å². The highest BCUT2D eigenvalue weighted by atomic mass is 32.2. The van der Waals surface area contributed by atoms with Gasteiger partial charge in [-0.3, -0.25) is 0 Å². The van der Waals surface area contributed by atoms with E-state index in [4.69, 9.17) is 0 Å². The predicted octanol–water partition coefficient (Wildman–Crippen LogP) is 1.89. The Labute approximate surface area is 111 Å². The third-order valence-corrected chi connectivity index (χ3v) is 5.42. The molecule has 0 spiro atoms. The minimum atomic E-state index is -4.33. The zero-order valence-corrected chi connectivity index (χ0v) is 11.7. The molecule has 0 aromatic rings. The molecule has 0 amide bonds. The van der Waals surface area contributed by atoms with E-state index < -0.39 is 46.9 Å². The SMILES string of the molecule is CN(C1CCCCC1O)S(=O)(=O)CCCC(F)(F)F. The van der Waals surface area contributed by atoms with Gasteiger partial charge in [0.05, 0.1) is 17.9 Å². The van der Waals surface area contributed by atoms with Gasteiger partial charge in [0.25, 0.3) is 0 Å². The normalized spacial score (nSPS) is 25.8. The molecule has 0 saturated heterocycles. The van der Waals surface area contributed by atoms with E-state index >= 15 is 0 Å². The van der Waals surface area contributed by atoms with Crippen LogP contribution in [0, 0.1) is 0 Å². The maximum absolute atomic E-state index is 12.0. The fourth-order valence-corrected chi connectivity index (χ4v) is 3.78. The lowest BCUT2D eigenvalue weighted by atomic mass is 9.93. The zero-order valence-electron chi connectivity index (χ0n) is 10.9. The van der Waals surface area contributed by atoms with Crippen LogP contribution in [-0.4, -0.2) is 49.0 Å². The Bertz CT molecular complexity index is 383. The molecule has 0 aliphatic heterocycles. The molecule has 0 aromatic carbocycles. The monoisotopic (exact) mass is 303 g/mol. The van der Waals surface area contributed by atoms with Crippen molar-refractivity contribution in [1.82, 2.24) is 4.31 Å². The van der Waals surface area contributed by atoms with Gasteiger partial charge in [-0.05, 0) is 19.3 Å². The number of alkyl halides is 3. The first-order chi connectivity index (χ1) is 8.63. The van der Waals surface area contributed by atoms with Gasteiger partial charge in [-0.15, -0.1) is 0 Å². The zero-order chi connectivity index (χ0) is 14.7. The number of rotatable bonds is 5. The Morgan fingerprint density at radius 1 is 1.26 bits per heavy atom. The second kappa shape index (κ2) is 6.41. The van der Waals surface area contributed by atoms with E-state index in [1.807, 2.05) is 0 Å². The summed E-state index contributed by atoms with van der Waals surface area (Å²) in [5.41, 5.74) is 0. The number of halogens is 3. The molecule has 1 aliphatic carbocycles. The average Bonchev–Trinajstić information content (AvgIpc) is 2.26. The van der Waals surface area contributed by atoms with E-state index in [1.165, 1.54) is 7.05 Å². The standard InChI is InChI=1S/C11H20F3NO3S/c1-15(9-5-2-3-6-10(9)16)19(17,18)8-4-7-11(12,13)14/h9-10,16H,2-8H2,1H3. The van der Waals surface area contributed by atoms with Gasteiger partial charge in [-0.2, -0.15) is 17.5 Å². The third-order valence-electron chi connectivity index (χ3n) is 3.46. The first-order valence-electron chi connectivity index (χ1n) is 6.34. The van der Waals surface area contributed by atoms with Crippen LogP contribution < -0.4 is 0 Å². The molecular weight excluding hydrogens is 283 g/mol. The third kappa shape index (κ3) is 5.27. The summed E-state index contributed by atoms with van der Waals surface area (Å²) < 4.78 is 60.9. The van der Waals surface area contributed by atoms with Gasteiger partial charge in [0, 0.05) is 13.5 Å². The van der Waals surface area contributed by atoms with Gasteiger partial charge in [0.1, 0.15) is 0 Å². The molecule has 2 unspecified atom stereocenters. The van der Waals surface area contributed by atoms with Crippen LogP contribution in [0.4, 0.5) is 13.2 Å². The van der Waals surface area contributed by atoms with Gasteiger partial charge in [-0.1, -0.05) is 12.8 Å². The average molecular weight is 303 g/mol. The van der Waals surface area contributed by atoms with Crippen molar-refractivity contribution >= 4 is 10.0 Å². The van der Waals surface area contributed by atoms with Crippen molar-refractivity contribution in [2.45, 2.75) is 56.8 Å². The molecule has 0 radical (unpaired) electrons. The number of sulfonamides is 1. The summed E-state index contributed by atoms with van der Waals surface area (Å²) in [6.45, 7) is 0. The van der Waals surface area contributed by atoms with Gasteiger partial charge < -0.3 is 5.11 Å². The number of nitrogens with zero attached hydrogens (tertiary/aromatic N) is 1. The van der Waals surface area contributed by atoms with Crippen molar-refractivity contribution in [3.05, 3.63) is 0 Å². The molecule has 1 aliphatic rings. The summed E-state index contributed by atoms with van der Waals surface area (Å²) in [6, 6.07) is -0.510. The fourth-order valence-electron chi connectivity index (χ4n) is 2.32. The Balaban J connectivity index is 2.56. The topological polar surface area (TPSA) is 57.6 Å². The molecule has 4 nitrogen and oxygen atoms in total. The number of hydrogen-bond donors (Lipinski definition) is 1. The molecule has 19 heavy (non-hydrogen) atoms. The van der Waals surface area contributed by atoms with Crippen LogP contribution in [0.5, 0.6) is 0 Å². The Kier molecular flexibility index (Phi) is 5.64. The van der Waals surface area contributed by atoms with E-state index in [-0.39, 0.29) is 0 Å². The number of hydrogen-bond acceptors (Lipinski definition) is 3. The van der Waals surface area contributed by atoms with Crippen molar-refractivity contribution in [2.24, 2.45) is 0 Å². The Morgan fingerprint density at radius 3 is 2.37 bits per heavy atom. The van der Waals surface area contributed by atoms with Crippen molar-refractivity contribution < 1.29 is 26.7 Å².